The lowest BCUT2D eigenvalue weighted by Gasteiger charge is -2.32. The van der Waals surface area contributed by atoms with Crippen LogP contribution < -0.4 is 14.3 Å². The molecule has 7 aromatic rings. The summed E-state index contributed by atoms with van der Waals surface area (Å²) in [5, 5.41) is 3.91. The van der Waals surface area contributed by atoms with Gasteiger partial charge in [-0.3, -0.25) is 4.98 Å². The lowest BCUT2D eigenvalue weighted by atomic mass is 9.78. The van der Waals surface area contributed by atoms with E-state index in [4.69, 9.17) is 16.0 Å². The van der Waals surface area contributed by atoms with E-state index < -0.39 is 8.07 Å². The van der Waals surface area contributed by atoms with Crippen molar-refractivity contribution in [1.29, 1.82) is 0 Å². The lowest BCUT2D eigenvalue weighted by Crippen LogP contribution is -2.54. The Bertz CT molecular complexity index is 2600. The van der Waals surface area contributed by atoms with Crippen LogP contribution in [0.2, 0.25) is 19.6 Å². The van der Waals surface area contributed by atoms with E-state index in [9.17, 15) is 0 Å². The summed E-state index contributed by atoms with van der Waals surface area (Å²) in [7, 11) is 0.484. The van der Waals surface area contributed by atoms with Gasteiger partial charge in [0, 0.05) is 39.9 Å². The van der Waals surface area contributed by atoms with Gasteiger partial charge >= 0.3 is 0 Å². The average molecular weight is 689 g/mol. The van der Waals surface area contributed by atoms with Crippen molar-refractivity contribution >= 4 is 51.9 Å². The van der Waals surface area contributed by atoms with Crippen molar-refractivity contribution in [3.63, 3.8) is 0 Å². The molecule has 2 aliphatic heterocycles. The molecule has 0 saturated carbocycles. The Hall–Kier alpha value is -4.81. The van der Waals surface area contributed by atoms with E-state index in [1.54, 1.807) is 5.19 Å². The highest BCUT2D eigenvalue weighted by atomic mass is 28.3. The maximum Gasteiger partial charge on any atom is 0.299 e. The van der Waals surface area contributed by atoms with Gasteiger partial charge in [0.2, 0.25) is 11.7 Å². The predicted molar refractivity (Wildman–Crippen MR) is 212 cm³/mol. The molecule has 2 unspecified atom stereocenters. The zero-order chi connectivity index (χ0) is 35.5. The van der Waals surface area contributed by atoms with Gasteiger partial charge in [0.25, 0.3) is 5.82 Å². The highest BCUT2D eigenvalue weighted by Crippen LogP contribution is 2.49. The maximum absolute atomic E-state index is 6.90. The second-order valence-corrected chi connectivity index (χ2v) is 21.6. The first kappa shape index (κ1) is 32.1. The third kappa shape index (κ3) is 4.68. The van der Waals surface area contributed by atoms with Crippen molar-refractivity contribution in [1.82, 2.24) is 9.55 Å². The Morgan fingerprint density at radius 1 is 1.02 bits per heavy atom. The topological polar surface area (TPSA) is 38.7 Å². The number of hydrogen-bond acceptors (Lipinski definition) is 2. The van der Waals surface area contributed by atoms with E-state index in [2.05, 4.69) is 141 Å². The first-order valence-electron chi connectivity index (χ1n) is 18.6. The summed E-state index contributed by atoms with van der Waals surface area (Å²) >= 11 is 0. The first-order chi connectivity index (χ1) is 24.4. The Labute approximate surface area is 301 Å². The van der Waals surface area contributed by atoms with E-state index in [1.807, 2.05) is 6.20 Å². The molecule has 256 valence electrons. The van der Waals surface area contributed by atoms with Gasteiger partial charge in [0.15, 0.2) is 28.5 Å². The molecule has 4 aromatic heterocycles. The van der Waals surface area contributed by atoms with Crippen LogP contribution in [0.1, 0.15) is 60.2 Å². The van der Waals surface area contributed by atoms with Gasteiger partial charge in [0.05, 0.1) is 26.7 Å². The van der Waals surface area contributed by atoms with Crippen LogP contribution >= 0.6 is 0 Å². The molecule has 5 nitrogen and oxygen atoms in total. The zero-order valence-corrected chi connectivity index (χ0v) is 32.3. The molecule has 0 amide bonds. The summed E-state index contributed by atoms with van der Waals surface area (Å²) in [4.78, 5) is 4.80. The molecule has 9 rings (SSSR count). The van der Waals surface area contributed by atoms with E-state index in [0.717, 1.165) is 64.1 Å². The van der Waals surface area contributed by atoms with Crippen LogP contribution in [0.5, 0.6) is 0 Å². The number of aryl methyl sites for hydroxylation is 4. The minimum Gasteiger partial charge on any atom is -0.455 e. The van der Waals surface area contributed by atoms with Crippen LogP contribution in [0.25, 0.3) is 61.3 Å². The summed E-state index contributed by atoms with van der Waals surface area (Å²) in [6.45, 7) is 21.7. The van der Waals surface area contributed by atoms with Crippen LogP contribution in [0.3, 0.4) is 0 Å². The van der Waals surface area contributed by atoms with Gasteiger partial charge in [-0.1, -0.05) is 76.0 Å². The molecule has 0 aliphatic carbocycles. The van der Waals surface area contributed by atoms with Gasteiger partial charge in [-0.15, -0.1) is 0 Å². The fourth-order valence-electron chi connectivity index (χ4n) is 9.59. The molecule has 51 heavy (non-hydrogen) atoms. The molecule has 3 aromatic carbocycles. The molecule has 0 spiro atoms. The Morgan fingerprint density at radius 3 is 2.57 bits per heavy atom. The third-order valence-electron chi connectivity index (χ3n) is 11.7. The molecule has 6 heterocycles. The average Bonchev–Trinajstić information content (AvgIpc) is 3.63. The molecule has 0 N–H and O–H groups in total. The van der Waals surface area contributed by atoms with Crippen molar-refractivity contribution in [2.75, 3.05) is 0 Å². The van der Waals surface area contributed by atoms with E-state index in [1.165, 1.54) is 44.5 Å². The highest BCUT2D eigenvalue weighted by molar-refractivity contribution is 6.89. The minimum absolute atomic E-state index is 0.0162. The molecule has 2 atom stereocenters. The highest BCUT2D eigenvalue weighted by Gasteiger charge is 2.48. The van der Waals surface area contributed by atoms with Crippen molar-refractivity contribution in [3.8, 4) is 22.6 Å². The normalized spacial score (nSPS) is 17.2. The number of pyridine rings is 2. The van der Waals surface area contributed by atoms with E-state index >= 15 is 0 Å². The smallest absolute Gasteiger partial charge is 0.299 e. The zero-order valence-electron chi connectivity index (χ0n) is 31.3. The monoisotopic (exact) mass is 688 g/mol. The van der Waals surface area contributed by atoms with Gasteiger partial charge in [-0.2, -0.15) is 9.13 Å². The predicted octanol–water partition coefficient (Wildman–Crippen LogP) is 9.50. The number of hydrogen-bond donors (Lipinski definition) is 0. The number of furan rings is 1. The fraction of sp³-hybridized carbons (Fsp3) is 0.311. The Kier molecular flexibility index (Phi) is 7.14. The summed E-state index contributed by atoms with van der Waals surface area (Å²) in [6.07, 6.45) is 7.51. The number of nitrogens with zero attached hydrogens (tertiary/aromatic N) is 4. The number of aromatic nitrogens is 4. The Morgan fingerprint density at radius 2 is 1.78 bits per heavy atom. The molecule has 0 radical (unpaired) electrons. The Balaban J connectivity index is 1.41. The lowest BCUT2D eigenvalue weighted by molar-refractivity contribution is -0.704. The number of imidazole rings is 1. The molecule has 0 bridgehead atoms. The van der Waals surface area contributed by atoms with Crippen LogP contribution in [0.15, 0.2) is 90.1 Å². The van der Waals surface area contributed by atoms with Gasteiger partial charge < -0.3 is 4.42 Å². The molecule has 0 fully saturated rings. The third-order valence-corrected chi connectivity index (χ3v) is 13.7. The maximum atomic E-state index is 6.90. The number of benzene rings is 3. The van der Waals surface area contributed by atoms with E-state index in [-0.39, 0.29) is 12.0 Å². The molecule has 2 aliphatic rings. The standard InChI is InChI=1S/C45H48N4OSi/c1-26(2)22-31-24-37-33-15-11-10-14-32(33)34-19-18-30-23-27(3)40-35-16-12-13-17-38(35)50-44(40)41(30)45-47(6)42-28(4)46-21-20-36(42)49(45)29(5)43(34)48(37)25-39(31)51(7,8)9/h10-17,20-21,23-26,34,43H,5,18-19,22H2,1-4,6-9H3/q+2. The van der Waals surface area contributed by atoms with Crippen molar-refractivity contribution in [2.45, 2.75) is 78.6 Å². The molecular weight excluding hydrogens is 641 g/mol. The van der Waals surface area contributed by atoms with Gasteiger partial charge in [0.1, 0.15) is 11.1 Å². The van der Waals surface area contributed by atoms with Crippen LogP contribution in [-0.2, 0) is 19.9 Å². The van der Waals surface area contributed by atoms with E-state index in [0.29, 0.717) is 5.92 Å². The van der Waals surface area contributed by atoms with Gasteiger partial charge in [-0.25, -0.2) is 4.57 Å². The van der Waals surface area contributed by atoms with Crippen LogP contribution in [0, 0.1) is 19.8 Å². The van der Waals surface area contributed by atoms with Crippen molar-refractivity contribution < 1.29 is 13.6 Å². The summed E-state index contributed by atoms with van der Waals surface area (Å²) in [5.41, 5.74) is 15.6. The summed E-state index contributed by atoms with van der Waals surface area (Å²) < 4.78 is 14.4. The first-order valence-corrected chi connectivity index (χ1v) is 22.1. The van der Waals surface area contributed by atoms with Crippen LogP contribution in [0.4, 0.5) is 0 Å². The van der Waals surface area contributed by atoms with Crippen LogP contribution in [-0.4, -0.2) is 17.6 Å². The molecule has 0 saturated heterocycles. The summed E-state index contributed by atoms with van der Waals surface area (Å²) in [6, 6.07) is 24.8. The SMILES string of the molecule is C=C1C2C(CCc3cc(C)c4c(oc5ccccc54)c3-c3n1c1ccnc(C)c1[n+]3C)c1ccccc1-c1cc(CC(C)C)c([Si](C)(C)C)c[n+]12. The van der Waals surface area contributed by atoms with Crippen molar-refractivity contribution in [2.24, 2.45) is 13.0 Å². The number of fused-ring (bicyclic) bond motifs is 15. The minimum atomic E-state index is -1.71. The second-order valence-electron chi connectivity index (χ2n) is 16.5. The summed E-state index contributed by atoms with van der Waals surface area (Å²) in [5.74, 6) is 1.92. The number of allylic oxidation sites excluding steroid dienone is 1. The number of para-hydroxylation sites is 1. The quantitative estimate of drug-likeness (QED) is 0.137. The molecule has 6 heteroatoms. The molecular formula is C45H48N4OSi+2. The number of rotatable bonds is 3. The van der Waals surface area contributed by atoms with Gasteiger partial charge in [-0.05, 0) is 80.0 Å². The van der Waals surface area contributed by atoms with Crippen molar-refractivity contribution in [3.05, 3.63) is 114 Å². The largest absolute Gasteiger partial charge is 0.455 e. The fourth-order valence-corrected chi connectivity index (χ4v) is 11.3. The second kappa shape index (κ2) is 11.3.